The molecule has 0 aliphatic carbocycles. The van der Waals surface area contributed by atoms with E-state index in [9.17, 15) is 9.18 Å². The summed E-state index contributed by atoms with van der Waals surface area (Å²) in [6, 6.07) is 7.29. The Morgan fingerprint density at radius 2 is 2.12 bits per heavy atom. The number of aryl methyl sites for hydroxylation is 1. The van der Waals surface area contributed by atoms with E-state index in [0.717, 1.165) is 11.8 Å². The molecule has 0 fully saturated rings. The summed E-state index contributed by atoms with van der Waals surface area (Å²) in [6.07, 6.45) is 0.712. The monoisotopic (exact) mass is 233 g/mol. The lowest BCUT2D eigenvalue weighted by Gasteiger charge is -2.00. The van der Waals surface area contributed by atoms with Crippen LogP contribution in [0.2, 0.25) is 0 Å². The Labute approximate surface area is 98.0 Å². The molecule has 0 spiro atoms. The van der Waals surface area contributed by atoms with Crippen LogP contribution in [-0.2, 0) is 6.42 Å². The SMILES string of the molecule is CCc1ccc(C(=O)c2ccc(N)c(F)c2)o1. The van der Waals surface area contributed by atoms with Crippen LogP contribution in [0.5, 0.6) is 0 Å². The maximum absolute atomic E-state index is 13.2. The second kappa shape index (κ2) is 4.41. The number of carbonyl (C=O) groups is 1. The number of nitrogens with two attached hydrogens (primary N) is 1. The van der Waals surface area contributed by atoms with Gasteiger partial charge in [0.25, 0.3) is 0 Å². The van der Waals surface area contributed by atoms with Crippen LogP contribution in [0.1, 0.15) is 28.8 Å². The van der Waals surface area contributed by atoms with Crippen molar-refractivity contribution in [2.24, 2.45) is 0 Å². The summed E-state index contributed by atoms with van der Waals surface area (Å²) < 4.78 is 18.5. The summed E-state index contributed by atoms with van der Waals surface area (Å²) in [6.45, 7) is 1.93. The van der Waals surface area contributed by atoms with Crippen molar-refractivity contribution in [1.82, 2.24) is 0 Å². The molecule has 1 aromatic carbocycles. The Morgan fingerprint density at radius 1 is 1.35 bits per heavy atom. The lowest BCUT2D eigenvalue weighted by Crippen LogP contribution is -2.01. The first kappa shape index (κ1) is 11.4. The van der Waals surface area contributed by atoms with Gasteiger partial charge < -0.3 is 10.2 Å². The first-order valence-corrected chi connectivity index (χ1v) is 5.30. The van der Waals surface area contributed by atoms with E-state index in [-0.39, 0.29) is 22.8 Å². The number of hydrogen-bond donors (Lipinski definition) is 1. The maximum Gasteiger partial charge on any atom is 0.228 e. The van der Waals surface area contributed by atoms with Crippen molar-refractivity contribution < 1.29 is 13.6 Å². The van der Waals surface area contributed by atoms with Gasteiger partial charge in [-0.05, 0) is 30.3 Å². The molecular weight excluding hydrogens is 221 g/mol. The Kier molecular flexibility index (Phi) is 2.95. The van der Waals surface area contributed by atoms with Crippen LogP contribution < -0.4 is 5.73 Å². The largest absolute Gasteiger partial charge is 0.458 e. The molecule has 88 valence electrons. The molecule has 0 radical (unpaired) electrons. The minimum Gasteiger partial charge on any atom is -0.458 e. The van der Waals surface area contributed by atoms with Crippen LogP contribution in [0.4, 0.5) is 10.1 Å². The Bertz CT molecular complexity index is 560. The van der Waals surface area contributed by atoms with E-state index in [1.165, 1.54) is 12.1 Å². The molecule has 4 heteroatoms. The molecule has 17 heavy (non-hydrogen) atoms. The Hall–Kier alpha value is -2.10. The zero-order chi connectivity index (χ0) is 12.4. The highest BCUT2D eigenvalue weighted by Gasteiger charge is 2.14. The van der Waals surface area contributed by atoms with E-state index >= 15 is 0 Å². The zero-order valence-corrected chi connectivity index (χ0v) is 9.37. The van der Waals surface area contributed by atoms with Crippen molar-refractivity contribution in [3.63, 3.8) is 0 Å². The normalized spacial score (nSPS) is 10.5. The fourth-order valence-corrected chi connectivity index (χ4v) is 1.50. The van der Waals surface area contributed by atoms with Crippen molar-refractivity contribution in [3.05, 3.63) is 53.2 Å². The summed E-state index contributed by atoms with van der Waals surface area (Å²) in [5.41, 5.74) is 5.60. The third-order valence-electron chi connectivity index (χ3n) is 2.50. The van der Waals surface area contributed by atoms with Crippen LogP contribution in [0.15, 0.2) is 34.7 Å². The molecule has 0 aliphatic rings. The van der Waals surface area contributed by atoms with Gasteiger partial charge in [-0.2, -0.15) is 0 Å². The van der Waals surface area contributed by atoms with Gasteiger partial charge in [0.15, 0.2) is 5.76 Å². The van der Waals surface area contributed by atoms with E-state index < -0.39 is 5.82 Å². The molecular formula is C13H12FNO2. The van der Waals surface area contributed by atoms with Gasteiger partial charge in [-0.3, -0.25) is 4.79 Å². The van der Waals surface area contributed by atoms with E-state index in [4.69, 9.17) is 10.2 Å². The molecule has 0 saturated heterocycles. The van der Waals surface area contributed by atoms with Gasteiger partial charge in [-0.1, -0.05) is 6.92 Å². The molecule has 2 rings (SSSR count). The molecule has 0 amide bonds. The smallest absolute Gasteiger partial charge is 0.228 e. The van der Waals surface area contributed by atoms with Crippen LogP contribution in [0.25, 0.3) is 0 Å². The van der Waals surface area contributed by atoms with Gasteiger partial charge in [0, 0.05) is 12.0 Å². The Balaban J connectivity index is 2.33. The molecule has 0 saturated carbocycles. The van der Waals surface area contributed by atoms with E-state index in [1.807, 2.05) is 6.92 Å². The second-order valence-corrected chi connectivity index (χ2v) is 3.68. The van der Waals surface area contributed by atoms with Gasteiger partial charge in [0.1, 0.15) is 11.6 Å². The van der Waals surface area contributed by atoms with Gasteiger partial charge in [0.2, 0.25) is 5.78 Å². The van der Waals surface area contributed by atoms with Gasteiger partial charge in [-0.15, -0.1) is 0 Å². The number of nitrogen functional groups attached to an aromatic ring is 1. The molecule has 0 bridgehead atoms. The van der Waals surface area contributed by atoms with E-state index in [2.05, 4.69) is 0 Å². The molecule has 2 N–H and O–H groups in total. The van der Waals surface area contributed by atoms with Crippen molar-refractivity contribution in [2.45, 2.75) is 13.3 Å². The molecule has 3 nitrogen and oxygen atoms in total. The zero-order valence-electron chi connectivity index (χ0n) is 9.37. The summed E-state index contributed by atoms with van der Waals surface area (Å²) in [4.78, 5) is 11.9. The Morgan fingerprint density at radius 3 is 2.71 bits per heavy atom. The van der Waals surface area contributed by atoms with Crippen molar-refractivity contribution in [2.75, 3.05) is 5.73 Å². The summed E-state index contributed by atoms with van der Waals surface area (Å²) in [5, 5.41) is 0. The average molecular weight is 233 g/mol. The topological polar surface area (TPSA) is 56.2 Å². The minimum absolute atomic E-state index is 0.0234. The number of furan rings is 1. The molecule has 1 heterocycles. The van der Waals surface area contributed by atoms with Crippen molar-refractivity contribution in [3.8, 4) is 0 Å². The maximum atomic E-state index is 13.2. The average Bonchev–Trinajstić information content (AvgIpc) is 2.80. The fraction of sp³-hybridized carbons (Fsp3) is 0.154. The van der Waals surface area contributed by atoms with E-state index in [0.29, 0.717) is 6.42 Å². The molecule has 2 aromatic rings. The lowest BCUT2D eigenvalue weighted by molar-refractivity contribution is 0.101. The van der Waals surface area contributed by atoms with Gasteiger partial charge in [-0.25, -0.2) is 4.39 Å². The molecule has 1 aromatic heterocycles. The number of carbonyl (C=O) groups excluding carboxylic acids is 1. The fourth-order valence-electron chi connectivity index (χ4n) is 1.50. The highest BCUT2D eigenvalue weighted by molar-refractivity contribution is 6.07. The molecule has 0 atom stereocenters. The van der Waals surface area contributed by atoms with Gasteiger partial charge in [0.05, 0.1) is 5.69 Å². The number of anilines is 1. The lowest BCUT2D eigenvalue weighted by atomic mass is 10.1. The number of hydrogen-bond acceptors (Lipinski definition) is 3. The second-order valence-electron chi connectivity index (χ2n) is 3.68. The van der Waals surface area contributed by atoms with Crippen LogP contribution in [0.3, 0.4) is 0 Å². The molecule has 0 aliphatic heterocycles. The summed E-state index contributed by atoms with van der Waals surface area (Å²) in [5.74, 6) is -0.00277. The number of ketones is 1. The van der Waals surface area contributed by atoms with Crippen LogP contribution in [-0.4, -0.2) is 5.78 Å². The predicted molar refractivity (Wildman–Crippen MR) is 62.3 cm³/mol. The highest BCUT2D eigenvalue weighted by atomic mass is 19.1. The standard InChI is InChI=1S/C13H12FNO2/c1-2-9-4-6-12(17-9)13(16)8-3-5-11(15)10(14)7-8/h3-7H,2,15H2,1H3. The van der Waals surface area contributed by atoms with Crippen LogP contribution in [0, 0.1) is 5.82 Å². The van der Waals surface area contributed by atoms with Gasteiger partial charge >= 0.3 is 0 Å². The van der Waals surface area contributed by atoms with E-state index in [1.54, 1.807) is 12.1 Å². The number of halogens is 1. The molecule has 0 unspecified atom stereocenters. The first-order valence-electron chi connectivity index (χ1n) is 5.30. The number of rotatable bonds is 3. The summed E-state index contributed by atoms with van der Waals surface area (Å²) >= 11 is 0. The summed E-state index contributed by atoms with van der Waals surface area (Å²) in [7, 11) is 0. The quantitative estimate of drug-likeness (QED) is 0.655. The first-order chi connectivity index (χ1) is 8.11. The van der Waals surface area contributed by atoms with Crippen molar-refractivity contribution in [1.29, 1.82) is 0 Å². The van der Waals surface area contributed by atoms with Crippen molar-refractivity contribution >= 4 is 11.5 Å². The van der Waals surface area contributed by atoms with Crippen LogP contribution >= 0.6 is 0 Å². The number of benzene rings is 1. The highest BCUT2D eigenvalue weighted by Crippen LogP contribution is 2.17. The third-order valence-corrected chi connectivity index (χ3v) is 2.50. The predicted octanol–water partition coefficient (Wildman–Crippen LogP) is 2.79. The third kappa shape index (κ3) is 2.20. The minimum atomic E-state index is -0.599.